The van der Waals surface area contributed by atoms with Gasteiger partial charge in [0, 0.05) is 13.0 Å². The van der Waals surface area contributed by atoms with Gasteiger partial charge in [-0.25, -0.2) is 4.84 Å². The second-order valence-corrected chi connectivity index (χ2v) is 4.12. The van der Waals surface area contributed by atoms with E-state index in [0.29, 0.717) is 6.42 Å². The molecule has 0 fully saturated rings. The summed E-state index contributed by atoms with van der Waals surface area (Å²) in [5.41, 5.74) is 0. The molecular formula is C11H22ClNO2. The highest BCUT2D eigenvalue weighted by Crippen LogP contribution is 2.09. The molecule has 3 nitrogen and oxygen atoms in total. The van der Waals surface area contributed by atoms with Crippen LogP contribution in [0.5, 0.6) is 0 Å². The van der Waals surface area contributed by atoms with E-state index in [1.807, 2.05) is 0 Å². The first-order chi connectivity index (χ1) is 7.27. The van der Waals surface area contributed by atoms with Crippen molar-refractivity contribution in [1.29, 1.82) is 0 Å². The lowest BCUT2D eigenvalue weighted by Gasteiger charge is -2.01. The van der Waals surface area contributed by atoms with Gasteiger partial charge in [-0.3, -0.25) is 4.79 Å². The van der Waals surface area contributed by atoms with E-state index in [2.05, 4.69) is 4.84 Å². The summed E-state index contributed by atoms with van der Waals surface area (Å²) in [6, 6.07) is 0. The van der Waals surface area contributed by atoms with Gasteiger partial charge in [0.2, 0.25) is 0 Å². The van der Waals surface area contributed by atoms with E-state index in [9.17, 15) is 4.79 Å². The lowest BCUT2D eigenvalue weighted by molar-refractivity contribution is -0.137. The summed E-state index contributed by atoms with van der Waals surface area (Å²) in [6.07, 6.45) is 9.49. The number of hydrogen-bond acceptors (Lipinski definition) is 2. The van der Waals surface area contributed by atoms with Gasteiger partial charge in [-0.15, -0.1) is 0 Å². The lowest BCUT2D eigenvalue weighted by Crippen LogP contribution is -1.99. The third kappa shape index (κ3) is 13.7. The molecule has 0 unspecified atom stereocenters. The SMILES string of the molecule is O=C(O)CCCCCCCCCCNCl. The van der Waals surface area contributed by atoms with Crippen molar-refractivity contribution in [1.82, 2.24) is 4.84 Å². The Morgan fingerprint density at radius 1 is 0.933 bits per heavy atom. The average molecular weight is 236 g/mol. The fraction of sp³-hybridized carbons (Fsp3) is 0.909. The molecule has 15 heavy (non-hydrogen) atoms. The van der Waals surface area contributed by atoms with Gasteiger partial charge in [-0.1, -0.05) is 38.5 Å². The Morgan fingerprint density at radius 3 is 1.87 bits per heavy atom. The molecule has 0 atom stereocenters. The molecule has 0 saturated carbocycles. The molecule has 2 N–H and O–H groups in total. The predicted octanol–water partition coefficient (Wildman–Crippen LogP) is 3.33. The zero-order chi connectivity index (χ0) is 11.4. The van der Waals surface area contributed by atoms with E-state index in [0.717, 1.165) is 25.8 Å². The van der Waals surface area contributed by atoms with Crippen LogP contribution in [0, 0.1) is 0 Å². The molecule has 0 bridgehead atoms. The van der Waals surface area contributed by atoms with Crippen LogP contribution in [0.15, 0.2) is 0 Å². The van der Waals surface area contributed by atoms with Gasteiger partial charge in [-0.2, -0.15) is 0 Å². The first kappa shape index (κ1) is 14.7. The highest BCUT2D eigenvalue weighted by Gasteiger charge is 1.96. The van der Waals surface area contributed by atoms with Crippen molar-refractivity contribution in [2.24, 2.45) is 0 Å². The Hall–Kier alpha value is -0.280. The van der Waals surface area contributed by atoms with Crippen molar-refractivity contribution in [2.75, 3.05) is 6.54 Å². The number of aliphatic carboxylic acids is 1. The number of nitrogens with one attached hydrogen (secondary N) is 1. The predicted molar refractivity (Wildman–Crippen MR) is 63.0 cm³/mol. The molecule has 90 valence electrons. The monoisotopic (exact) mass is 235 g/mol. The molecule has 0 heterocycles. The van der Waals surface area contributed by atoms with E-state index >= 15 is 0 Å². The van der Waals surface area contributed by atoms with Crippen molar-refractivity contribution in [3.05, 3.63) is 0 Å². The van der Waals surface area contributed by atoms with Crippen LogP contribution in [0.25, 0.3) is 0 Å². The molecule has 0 aromatic rings. The zero-order valence-electron chi connectivity index (χ0n) is 9.30. The molecule has 0 rings (SSSR count). The molecule has 0 aliphatic rings. The first-order valence-corrected chi connectivity index (χ1v) is 6.20. The van der Waals surface area contributed by atoms with E-state index < -0.39 is 5.97 Å². The van der Waals surface area contributed by atoms with Crippen LogP contribution in [-0.2, 0) is 4.79 Å². The van der Waals surface area contributed by atoms with Gasteiger partial charge >= 0.3 is 5.97 Å². The molecule has 0 saturated heterocycles. The van der Waals surface area contributed by atoms with Crippen molar-refractivity contribution < 1.29 is 9.90 Å². The zero-order valence-corrected chi connectivity index (χ0v) is 10.1. The standard InChI is InChI=1S/C11H22ClNO2/c12-13-10-8-6-4-2-1-3-5-7-9-11(14)15/h13H,1-10H2,(H,14,15). The van der Waals surface area contributed by atoms with E-state index in [4.69, 9.17) is 16.9 Å². The van der Waals surface area contributed by atoms with Gasteiger partial charge < -0.3 is 5.11 Å². The largest absolute Gasteiger partial charge is 0.481 e. The molecular weight excluding hydrogens is 214 g/mol. The van der Waals surface area contributed by atoms with E-state index in [1.165, 1.54) is 32.1 Å². The second kappa shape index (κ2) is 11.8. The van der Waals surface area contributed by atoms with Gasteiger partial charge in [-0.05, 0) is 24.6 Å². The second-order valence-electron chi connectivity index (χ2n) is 3.86. The van der Waals surface area contributed by atoms with Crippen LogP contribution in [-0.4, -0.2) is 17.6 Å². The summed E-state index contributed by atoms with van der Waals surface area (Å²) >= 11 is 5.33. The Balaban J connectivity index is 2.89. The maximum absolute atomic E-state index is 10.2. The minimum absolute atomic E-state index is 0.321. The number of carbonyl (C=O) groups is 1. The molecule has 0 radical (unpaired) electrons. The van der Waals surface area contributed by atoms with Crippen LogP contribution >= 0.6 is 11.8 Å². The molecule has 0 aromatic heterocycles. The van der Waals surface area contributed by atoms with Crippen LogP contribution in [0.2, 0.25) is 0 Å². The third-order valence-electron chi connectivity index (χ3n) is 2.41. The fourth-order valence-corrected chi connectivity index (χ4v) is 1.66. The lowest BCUT2D eigenvalue weighted by atomic mass is 10.1. The van der Waals surface area contributed by atoms with Crippen LogP contribution in [0.3, 0.4) is 0 Å². The van der Waals surface area contributed by atoms with Crippen LogP contribution in [0.1, 0.15) is 57.8 Å². The highest BCUT2D eigenvalue weighted by molar-refractivity contribution is 6.13. The normalized spacial score (nSPS) is 10.5. The minimum atomic E-state index is -0.677. The van der Waals surface area contributed by atoms with Crippen molar-refractivity contribution >= 4 is 17.7 Å². The summed E-state index contributed by atoms with van der Waals surface area (Å²) in [6.45, 7) is 0.889. The Labute approximate surface area is 97.3 Å². The van der Waals surface area contributed by atoms with Crippen molar-refractivity contribution in [3.63, 3.8) is 0 Å². The molecule has 0 amide bonds. The van der Waals surface area contributed by atoms with Crippen molar-refractivity contribution in [2.45, 2.75) is 57.8 Å². The number of unbranched alkanes of at least 4 members (excludes halogenated alkanes) is 7. The summed E-state index contributed by atoms with van der Waals surface area (Å²) in [5, 5.41) is 8.42. The number of rotatable bonds is 11. The fourth-order valence-electron chi connectivity index (χ4n) is 1.53. The smallest absolute Gasteiger partial charge is 0.303 e. The van der Waals surface area contributed by atoms with Gasteiger partial charge in [0.05, 0.1) is 0 Å². The highest BCUT2D eigenvalue weighted by atomic mass is 35.5. The topological polar surface area (TPSA) is 49.3 Å². The van der Waals surface area contributed by atoms with Crippen LogP contribution in [0.4, 0.5) is 0 Å². The minimum Gasteiger partial charge on any atom is -0.481 e. The van der Waals surface area contributed by atoms with E-state index in [-0.39, 0.29) is 0 Å². The van der Waals surface area contributed by atoms with Gasteiger partial charge in [0.1, 0.15) is 0 Å². The molecule has 0 aliphatic heterocycles. The Kier molecular flexibility index (Phi) is 11.6. The molecule has 4 heteroatoms. The van der Waals surface area contributed by atoms with E-state index in [1.54, 1.807) is 0 Å². The first-order valence-electron chi connectivity index (χ1n) is 5.82. The molecule has 0 aliphatic carbocycles. The maximum atomic E-state index is 10.2. The number of halogens is 1. The number of carboxylic acids is 1. The summed E-state index contributed by atoms with van der Waals surface area (Å²) in [7, 11) is 0. The molecule has 0 spiro atoms. The average Bonchev–Trinajstić information content (AvgIpc) is 2.20. The third-order valence-corrected chi connectivity index (χ3v) is 2.60. The van der Waals surface area contributed by atoms with Crippen LogP contribution < -0.4 is 4.84 Å². The number of carboxylic acid groups (broad SMARTS) is 1. The quantitative estimate of drug-likeness (QED) is 0.427. The summed E-state index contributed by atoms with van der Waals surface area (Å²) < 4.78 is 0. The molecule has 0 aromatic carbocycles. The van der Waals surface area contributed by atoms with Gasteiger partial charge in [0.25, 0.3) is 0 Å². The summed E-state index contributed by atoms with van der Waals surface area (Å²) in [5.74, 6) is -0.677. The Bertz CT molecular complexity index is 154. The van der Waals surface area contributed by atoms with Gasteiger partial charge in [0.15, 0.2) is 0 Å². The number of hydrogen-bond donors (Lipinski definition) is 2. The van der Waals surface area contributed by atoms with Crippen molar-refractivity contribution in [3.8, 4) is 0 Å². The maximum Gasteiger partial charge on any atom is 0.303 e. The Morgan fingerprint density at radius 2 is 1.40 bits per heavy atom. The summed E-state index contributed by atoms with van der Waals surface area (Å²) in [4.78, 5) is 12.8.